The van der Waals surface area contributed by atoms with E-state index < -0.39 is 0 Å². The average Bonchev–Trinajstić information content (AvgIpc) is 2.65. The van der Waals surface area contributed by atoms with Crippen LogP contribution in [0, 0.1) is 10.7 Å². The van der Waals surface area contributed by atoms with E-state index in [4.69, 9.17) is 18.0 Å². The van der Waals surface area contributed by atoms with Crippen molar-refractivity contribution in [2.75, 3.05) is 13.1 Å². The number of rotatable bonds is 5. The maximum absolute atomic E-state index is 10.9. The molecule has 1 atom stereocenters. The molecule has 2 rings (SSSR count). The fourth-order valence-electron chi connectivity index (χ4n) is 2.68. The number of amides is 1. The quantitative estimate of drug-likeness (QED) is 0.825. The lowest BCUT2D eigenvalue weighted by molar-refractivity contribution is -0.118. The first-order chi connectivity index (χ1) is 9.47. The highest BCUT2D eigenvalue weighted by atomic mass is 32.1. The van der Waals surface area contributed by atoms with Gasteiger partial charge in [-0.3, -0.25) is 9.69 Å². The summed E-state index contributed by atoms with van der Waals surface area (Å²) >= 11 is 5.41. The van der Waals surface area contributed by atoms with Gasteiger partial charge in [0.1, 0.15) is 5.82 Å². The maximum Gasteiger partial charge on any atom is 0.217 e. The third kappa shape index (κ3) is 3.67. The number of aromatic nitrogens is 3. The molecule has 0 radical (unpaired) electrons. The molecule has 0 aliphatic carbocycles. The predicted octanol–water partition coefficient (Wildman–Crippen LogP) is 1.06. The molecular formula is C13H23N5OS. The molecule has 1 amide bonds. The van der Waals surface area contributed by atoms with Gasteiger partial charge in [0.2, 0.25) is 5.91 Å². The molecule has 1 aromatic heterocycles. The van der Waals surface area contributed by atoms with E-state index in [0.717, 1.165) is 31.5 Å². The van der Waals surface area contributed by atoms with Gasteiger partial charge in [0.25, 0.3) is 0 Å². The van der Waals surface area contributed by atoms with Gasteiger partial charge in [-0.05, 0) is 37.5 Å². The second kappa shape index (κ2) is 6.49. The number of hydrogen-bond acceptors (Lipinski definition) is 4. The van der Waals surface area contributed by atoms with Gasteiger partial charge in [-0.15, -0.1) is 0 Å². The Morgan fingerprint density at radius 2 is 2.30 bits per heavy atom. The van der Waals surface area contributed by atoms with Crippen molar-refractivity contribution >= 4 is 18.1 Å². The number of carbonyl (C=O) groups excluding carboxylic acids is 1. The van der Waals surface area contributed by atoms with E-state index >= 15 is 0 Å². The average molecular weight is 297 g/mol. The highest BCUT2D eigenvalue weighted by Gasteiger charge is 2.18. The third-order valence-electron chi connectivity index (χ3n) is 3.80. The molecule has 1 aliphatic rings. The fourth-order valence-corrected chi connectivity index (χ4v) is 2.89. The zero-order chi connectivity index (χ0) is 14.7. The molecule has 6 nitrogen and oxygen atoms in total. The van der Waals surface area contributed by atoms with Gasteiger partial charge in [0.15, 0.2) is 4.77 Å². The van der Waals surface area contributed by atoms with E-state index in [1.54, 1.807) is 0 Å². The van der Waals surface area contributed by atoms with Crippen molar-refractivity contribution in [2.24, 2.45) is 18.7 Å². The molecule has 0 spiro atoms. The number of piperidine rings is 1. The van der Waals surface area contributed by atoms with Crippen LogP contribution >= 0.6 is 12.2 Å². The van der Waals surface area contributed by atoms with E-state index in [0.29, 0.717) is 17.6 Å². The van der Waals surface area contributed by atoms with Crippen LogP contribution in [-0.4, -0.2) is 38.2 Å². The van der Waals surface area contributed by atoms with Crippen molar-refractivity contribution in [3.8, 4) is 0 Å². The van der Waals surface area contributed by atoms with Gasteiger partial charge in [-0.1, -0.05) is 6.92 Å². The van der Waals surface area contributed by atoms with E-state index in [1.807, 2.05) is 16.3 Å². The van der Waals surface area contributed by atoms with Gasteiger partial charge in [-0.25, -0.2) is 4.68 Å². The molecule has 0 saturated carbocycles. The minimum absolute atomic E-state index is 0.306. The van der Waals surface area contributed by atoms with Crippen LogP contribution in [0.3, 0.4) is 0 Å². The number of aryl methyl sites for hydroxylation is 1. The number of nitrogens with zero attached hydrogens (tertiary/aromatic N) is 4. The van der Waals surface area contributed by atoms with Crippen LogP contribution in [0.1, 0.15) is 32.0 Å². The van der Waals surface area contributed by atoms with Crippen LogP contribution in [0.25, 0.3) is 0 Å². The molecular weight excluding hydrogens is 274 g/mol. The molecule has 7 heteroatoms. The molecule has 0 bridgehead atoms. The molecule has 1 fully saturated rings. The lowest BCUT2D eigenvalue weighted by Crippen LogP contribution is -2.36. The topological polar surface area (TPSA) is 69.1 Å². The molecule has 2 N–H and O–H groups in total. The largest absolute Gasteiger partial charge is 0.370 e. The minimum Gasteiger partial charge on any atom is -0.370 e. The maximum atomic E-state index is 10.9. The summed E-state index contributed by atoms with van der Waals surface area (Å²) in [5.41, 5.74) is 5.18. The van der Waals surface area contributed by atoms with Crippen LogP contribution in [0.5, 0.6) is 0 Å². The Kier molecular flexibility index (Phi) is 4.93. The van der Waals surface area contributed by atoms with Crippen molar-refractivity contribution in [3.63, 3.8) is 0 Å². The number of nitrogens with two attached hydrogens (primary N) is 1. The first-order valence-electron chi connectivity index (χ1n) is 7.10. The predicted molar refractivity (Wildman–Crippen MR) is 79.5 cm³/mol. The van der Waals surface area contributed by atoms with Crippen LogP contribution in [0.2, 0.25) is 0 Å². The van der Waals surface area contributed by atoms with Crippen LogP contribution in [-0.2, 0) is 24.9 Å². The number of hydrogen-bond donors (Lipinski definition) is 1. The molecule has 2 heterocycles. The lowest BCUT2D eigenvalue weighted by Gasteiger charge is -2.30. The fraction of sp³-hybridized carbons (Fsp3) is 0.769. The van der Waals surface area contributed by atoms with Crippen molar-refractivity contribution in [1.82, 2.24) is 19.2 Å². The van der Waals surface area contributed by atoms with Gasteiger partial charge in [-0.2, -0.15) is 5.10 Å². The zero-order valence-electron chi connectivity index (χ0n) is 12.2. The summed E-state index contributed by atoms with van der Waals surface area (Å²) in [7, 11) is 1.89. The van der Waals surface area contributed by atoms with Gasteiger partial charge in [0.05, 0.1) is 6.67 Å². The Balaban J connectivity index is 2.06. The van der Waals surface area contributed by atoms with Gasteiger partial charge >= 0.3 is 0 Å². The minimum atomic E-state index is -0.310. The molecule has 0 unspecified atom stereocenters. The number of carbonyl (C=O) groups is 1. The first kappa shape index (κ1) is 15.2. The second-order valence-corrected chi connectivity index (χ2v) is 6.05. The smallest absolute Gasteiger partial charge is 0.217 e. The molecule has 1 saturated heterocycles. The van der Waals surface area contributed by atoms with Gasteiger partial charge in [0, 0.05) is 26.4 Å². The summed E-state index contributed by atoms with van der Waals surface area (Å²) in [6.07, 6.45) is 3.38. The van der Waals surface area contributed by atoms with Crippen molar-refractivity contribution < 1.29 is 4.79 Å². The summed E-state index contributed by atoms with van der Waals surface area (Å²) < 4.78 is 4.41. The summed E-state index contributed by atoms with van der Waals surface area (Å²) in [4.78, 5) is 13.3. The summed E-state index contributed by atoms with van der Waals surface area (Å²) in [6, 6.07) is 0. The highest BCUT2D eigenvalue weighted by molar-refractivity contribution is 7.71. The monoisotopic (exact) mass is 297 g/mol. The summed E-state index contributed by atoms with van der Waals surface area (Å²) in [6.45, 7) is 5.20. The molecule has 1 aromatic rings. The molecule has 112 valence electrons. The number of primary amides is 1. The van der Waals surface area contributed by atoms with Crippen LogP contribution < -0.4 is 5.73 Å². The second-order valence-electron chi connectivity index (χ2n) is 5.69. The first-order valence-corrected chi connectivity index (χ1v) is 7.51. The normalized spacial score (nSPS) is 20.2. The zero-order valence-corrected chi connectivity index (χ0v) is 13.0. The van der Waals surface area contributed by atoms with Crippen molar-refractivity contribution in [1.29, 1.82) is 0 Å². The van der Waals surface area contributed by atoms with E-state index in [-0.39, 0.29) is 5.91 Å². The van der Waals surface area contributed by atoms with Crippen molar-refractivity contribution in [3.05, 3.63) is 10.6 Å². The molecule has 1 aliphatic heterocycles. The van der Waals surface area contributed by atoms with E-state index in [1.165, 1.54) is 12.8 Å². The summed E-state index contributed by atoms with van der Waals surface area (Å²) in [5.74, 6) is 1.24. The Morgan fingerprint density at radius 1 is 1.55 bits per heavy atom. The van der Waals surface area contributed by atoms with E-state index in [2.05, 4.69) is 16.9 Å². The molecule has 20 heavy (non-hydrogen) atoms. The Hall–Kier alpha value is -1.21. The Labute approximate surface area is 124 Å². The Bertz CT molecular complexity index is 535. The summed E-state index contributed by atoms with van der Waals surface area (Å²) in [5, 5.41) is 4.53. The molecule has 0 aromatic carbocycles. The van der Waals surface area contributed by atoms with Crippen LogP contribution in [0.4, 0.5) is 0 Å². The number of likely N-dealkylation sites (tertiary alicyclic amines) is 1. The standard InChI is InChI=1S/C13H23N5OS/c1-10-4-3-7-17(8-10)9-18-13(20)16(2)12(15-18)6-5-11(14)19/h10H,3-9H2,1-2H3,(H2,14,19)/t10-/m1/s1. The van der Waals surface area contributed by atoms with Crippen LogP contribution in [0.15, 0.2) is 0 Å². The lowest BCUT2D eigenvalue weighted by atomic mass is 10.0. The van der Waals surface area contributed by atoms with Crippen molar-refractivity contribution in [2.45, 2.75) is 39.3 Å². The van der Waals surface area contributed by atoms with E-state index in [9.17, 15) is 4.79 Å². The highest BCUT2D eigenvalue weighted by Crippen LogP contribution is 2.16. The SMILES string of the molecule is C[C@@H]1CCCN(Cn2nc(CCC(N)=O)n(C)c2=S)C1. The third-order valence-corrected chi connectivity index (χ3v) is 4.29. The van der Waals surface area contributed by atoms with Gasteiger partial charge < -0.3 is 10.3 Å². The Morgan fingerprint density at radius 3 is 2.95 bits per heavy atom.